The minimum atomic E-state index is -0.763. The van der Waals surface area contributed by atoms with E-state index in [9.17, 15) is 5.11 Å². The van der Waals surface area contributed by atoms with E-state index < -0.39 is 6.29 Å². The Labute approximate surface area is 123 Å². The van der Waals surface area contributed by atoms with E-state index in [-0.39, 0.29) is 5.92 Å². The molecule has 0 fully saturated rings. The quantitative estimate of drug-likeness (QED) is 0.570. The number of benzene rings is 1. The van der Waals surface area contributed by atoms with E-state index in [1.807, 2.05) is 13.8 Å². The van der Waals surface area contributed by atoms with Gasteiger partial charge in [0, 0.05) is 22.7 Å². The molecule has 0 heterocycles. The van der Waals surface area contributed by atoms with E-state index in [2.05, 4.69) is 46.9 Å². The van der Waals surface area contributed by atoms with E-state index in [0.29, 0.717) is 19.8 Å². The average molecular weight is 364 g/mol. The van der Waals surface area contributed by atoms with Gasteiger partial charge in [0.25, 0.3) is 0 Å². The maximum Gasteiger partial charge on any atom is 0.159 e. The molecule has 0 aliphatic heterocycles. The third kappa shape index (κ3) is 5.65. The first-order valence-corrected chi connectivity index (χ1v) is 7.37. The van der Waals surface area contributed by atoms with E-state index in [1.54, 1.807) is 0 Å². The Bertz CT molecular complexity index is 326. The number of aliphatic hydroxyl groups is 1. The van der Waals surface area contributed by atoms with Crippen LogP contribution in [0.15, 0.2) is 24.3 Å². The highest BCUT2D eigenvalue weighted by atomic mass is 127. The lowest BCUT2D eigenvalue weighted by atomic mass is 9.99. The molecule has 0 aliphatic carbocycles. The number of aliphatic hydroxyl groups excluding tert-OH is 1. The minimum absolute atomic E-state index is 0.0232. The lowest BCUT2D eigenvalue weighted by molar-refractivity contribution is -0.143. The van der Waals surface area contributed by atoms with Crippen molar-refractivity contribution in [2.24, 2.45) is 5.92 Å². The summed E-state index contributed by atoms with van der Waals surface area (Å²) in [5.74, 6) is -0.0232. The lowest BCUT2D eigenvalue weighted by Crippen LogP contribution is -2.29. The summed E-state index contributed by atoms with van der Waals surface area (Å²) in [6.45, 7) is 5.52. The zero-order valence-corrected chi connectivity index (χ0v) is 13.1. The Hall–Kier alpha value is -0.170. The van der Waals surface area contributed by atoms with Crippen LogP contribution in [0.5, 0.6) is 0 Å². The highest BCUT2D eigenvalue weighted by Crippen LogP contribution is 2.16. The Morgan fingerprint density at radius 2 is 1.83 bits per heavy atom. The maximum atomic E-state index is 9.95. The Kier molecular flexibility index (Phi) is 7.81. The molecule has 0 aromatic heterocycles. The van der Waals surface area contributed by atoms with Crippen LogP contribution >= 0.6 is 22.6 Å². The van der Waals surface area contributed by atoms with Crippen molar-refractivity contribution in [2.75, 3.05) is 19.8 Å². The molecule has 0 saturated heterocycles. The van der Waals surface area contributed by atoms with Crippen molar-refractivity contribution in [3.8, 4) is 0 Å². The van der Waals surface area contributed by atoms with Crippen molar-refractivity contribution in [1.29, 1.82) is 0 Å². The molecular formula is C14H21IO3. The molecule has 1 aromatic carbocycles. The Morgan fingerprint density at radius 1 is 1.17 bits per heavy atom. The highest BCUT2D eigenvalue weighted by Gasteiger charge is 2.20. The van der Waals surface area contributed by atoms with Crippen molar-refractivity contribution in [3.05, 3.63) is 33.4 Å². The molecule has 1 aromatic rings. The molecule has 1 rings (SSSR count). The third-order valence-electron chi connectivity index (χ3n) is 2.69. The second-order valence-corrected chi connectivity index (χ2v) is 5.34. The fourth-order valence-electron chi connectivity index (χ4n) is 1.74. The summed E-state index contributed by atoms with van der Waals surface area (Å²) in [7, 11) is 0. The molecule has 102 valence electrons. The lowest BCUT2D eigenvalue weighted by Gasteiger charge is -2.22. The average Bonchev–Trinajstić information content (AvgIpc) is 2.37. The zero-order valence-electron chi connectivity index (χ0n) is 10.9. The highest BCUT2D eigenvalue weighted by molar-refractivity contribution is 14.1. The first-order chi connectivity index (χ1) is 8.67. The van der Waals surface area contributed by atoms with Crippen LogP contribution in [0.3, 0.4) is 0 Å². The second kappa shape index (κ2) is 8.85. The molecule has 0 radical (unpaired) electrons. The van der Waals surface area contributed by atoms with Gasteiger partial charge < -0.3 is 14.6 Å². The standard InChI is InChI=1S/C14H21IO3/c1-3-17-10-12(14(16)18-4-2)9-11-5-7-13(15)8-6-11/h5-8,12,14,16H,3-4,9-10H2,1-2H3/t12?,14-/m1/s1. The number of halogens is 1. The molecule has 18 heavy (non-hydrogen) atoms. The summed E-state index contributed by atoms with van der Waals surface area (Å²) >= 11 is 2.28. The molecular weight excluding hydrogens is 343 g/mol. The summed E-state index contributed by atoms with van der Waals surface area (Å²) in [6, 6.07) is 8.31. The van der Waals surface area contributed by atoms with Crippen molar-refractivity contribution in [3.63, 3.8) is 0 Å². The van der Waals surface area contributed by atoms with Crippen molar-refractivity contribution in [1.82, 2.24) is 0 Å². The van der Waals surface area contributed by atoms with Crippen LogP contribution in [-0.2, 0) is 15.9 Å². The van der Waals surface area contributed by atoms with Crippen LogP contribution in [0.25, 0.3) is 0 Å². The topological polar surface area (TPSA) is 38.7 Å². The van der Waals surface area contributed by atoms with Gasteiger partial charge in [0.1, 0.15) is 0 Å². The predicted molar refractivity (Wildman–Crippen MR) is 80.5 cm³/mol. The van der Waals surface area contributed by atoms with Crippen LogP contribution in [0, 0.1) is 9.49 Å². The van der Waals surface area contributed by atoms with Crippen LogP contribution in [-0.4, -0.2) is 31.2 Å². The van der Waals surface area contributed by atoms with Gasteiger partial charge in [-0.2, -0.15) is 0 Å². The summed E-state index contributed by atoms with van der Waals surface area (Å²) in [6.07, 6.45) is -0.00113. The fourth-order valence-corrected chi connectivity index (χ4v) is 2.10. The molecule has 2 atom stereocenters. The molecule has 0 amide bonds. The van der Waals surface area contributed by atoms with Gasteiger partial charge in [0.2, 0.25) is 0 Å². The summed E-state index contributed by atoms with van der Waals surface area (Å²) in [4.78, 5) is 0. The molecule has 0 bridgehead atoms. The summed E-state index contributed by atoms with van der Waals surface area (Å²) in [5.41, 5.74) is 1.19. The van der Waals surface area contributed by atoms with Gasteiger partial charge in [-0.3, -0.25) is 0 Å². The van der Waals surface area contributed by atoms with Crippen molar-refractivity contribution in [2.45, 2.75) is 26.6 Å². The fraction of sp³-hybridized carbons (Fsp3) is 0.571. The first kappa shape index (κ1) is 15.9. The smallest absolute Gasteiger partial charge is 0.159 e. The normalized spacial score (nSPS) is 14.4. The number of hydrogen-bond donors (Lipinski definition) is 1. The van der Waals surface area contributed by atoms with E-state index >= 15 is 0 Å². The predicted octanol–water partition coefficient (Wildman–Crippen LogP) is 2.84. The van der Waals surface area contributed by atoms with Gasteiger partial charge >= 0.3 is 0 Å². The van der Waals surface area contributed by atoms with E-state index in [1.165, 1.54) is 9.13 Å². The van der Waals surface area contributed by atoms with E-state index in [0.717, 1.165) is 6.42 Å². The number of rotatable bonds is 8. The molecule has 1 N–H and O–H groups in total. The Morgan fingerprint density at radius 3 is 2.39 bits per heavy atom. The SMILES string of the molecule is CCOCC(Cc1ccc(I)cc1)[C@H](O)OCC. The van der Waals surface area contributed by atoms with Gasteiger partial charge in [-0.1, -0.05) is 12.1 Å². The molecule has 4 heteroatoms. The molecule has 0 spiro atoms. The van der Waals surface area contributed by atoms with E-state index in [4.69, 9.17) is 9.47 Å². The van der Waals surface area contributed by atoms with Crippen LogP contribution in [0.4, 0.5) is 0 Å². The number of hydrogen-bond acceptors (Lipinski definition) is 3. The summed E-state index contributed by atoms with van der Waals surface area (Å²) in [5, 5.41) is 9.95. The Balaban J connectivity index is 2.61. The van der Waals surface area contributed by atoms with Crippen molar-refractivity contribution >= 4 is 22.6 Å². The zero-order chi connectivity index (χ0) is 13.4. The molecule has 3 nitrogen and oxygen atoms in total. The van der Waals surface area contributed by atoms with Crippen LogP contribution < -0.4 is 0 Å². The number of ether oxygens (including phenoxy) is 2. The second-order valence-electron chi connectivity index (χ2n) is 4.10. The maximum absolute atomic E-state index is 9.95. The largest absolute Gasteiger partial charge is 0.381 e. The summed E-state index contributed by atoms with van der Waals surface area (Å²) < 4.78 is 11.9. The first-order valence-electron chi connectivity index (χ1n) is 6.29. The minimum Gasteiger partial charge on any atom is -0.381 e. The van der Waals surface area contributed by atoms with Crippen LogP contribution in [0.2, 0.25) is 0 Å². The van der Waals surface area contributed by atoms with Gasteiger partial charge in [-0.05, 0) is 60.6 Å². The van der Waals surface area contributed by atoms with Gasteiger partial charge in [-0.25, -0.2) is 0 Å². The molecule has 0 saturated carbocycles. The molecule has 0 aliphatic rings. The van der Waals surface area contributed by atoms with Gasteiger partial charge in [-0.15, -0.1) is 0 Å². The third-order valence-corrected chi connectivity index (χ3v) is 3.41. The van der Waals surface area contributed by atoms with Gasteiger partial charge in [0.15, 0.2) is 6.29 Å². The molecule has 1 unspecified atom stereocenters. The van der Waals surface area contributed by atoms with Crippen molar-refractivity contribution < 1.29 is 14.6 Å². The monoisotopic (exact) mass is 364 g/mol. The van der Waals surface area contributed by atoms with Crippen LogP contribution in [0.1, 0.15) is 19.4 Å². The van der Waals surface area contributed by atoms with Gasteiger partial charge in [0.05, 0.1) is 6.61 Å².